The van der Waals surface area contributed by atoms with E-state index in [1.807, 2.05) is 13.8 Å². The van der Waals surface area contributed by atoms with E-state index < -0.39 is 31.0 Å². The van der Waals surface area contributed by atoms with Crippen molar-refractivity contribution in [2.75, 3.05) is 18.1 Å². The number of nitrogens with one attached hydrogen (secondary N) is 1. The van der Waals surface area contributed by atoms with Gasteiger partial charge in [0.25, 0.3) is 0 Å². The smallest absolute Gasteiger partial charge is 0.183 e. The average molecular weight is 366 g/mol. The molecule has 0 spiro atoms. The Hall–Kier alpha value is -0.630. The number of benzene rings is 1. The maximum Gasteiger partial charge on any atom is 0.183 e. The summed E-state index contributed by atoms with van der Waals surface area (Å²) in [5.41, 5.74) is 0. The second-order valence-electron chi connectivity index (χ2n) is 6.02. The lowest BCUT2D eigenvalue weighted by Gasteiger charge is -2.21. The van der Waals surface area contributed by atoms with Crippen molar-refractivity contribution in [2.24, 2.45) is 5.92 Å². The van der Waals surface area contributed by atoms with Gasteiger partial charge in [-0.1, -0.05) is 25.4 Å². The first-order chi connectivity index (χ1) is 10.1. The van der Waals surface area contributed by atoms with Crippen LogP contribution >= 0.6 is 11.6 Å². The molecular weight excluding hydrogens is 346 g/mol. The molecule has 2 atom stereocenters. The molecule has 0 amide bonds. The van der Waals surface area contributed by atoms with Crippen molar-refractivity contribution < 1.29 is 16.8 Å². The second kappa shape index (κ2) is 6.47. The predicted molar refractivity (Wildman–Crippen MR) is 87.7 cm³/mol. The summed E-state index contributed by atoms with van der Waals surface area (Å²) in [5.74, 6) is -0.174. The highest BCUT2D eigenvalue weighted by Crippen LogP contribution is 2.26. The lowest BCUT2D eigenvalue weighted by atomic mass is 10.2. The first-order valence-electron chi connectivity index (χ1n) is 7.05. The van der Waals surface area contributed by atoms with Gasteiger partial charge >= 0.3 is 0 Å². The van der Waals surface area contributed by atoms with E-state index in [2.05, 4.69) is 5.32 Å². The third kappa shape index (κ3) is 4.01. The Labute approximate surface area is 136 Å². The van der Waals surface area contributed by atoms with Crippen LogP contribution in [0.25, 0.3) is 0 Å². The Morgan fingerprint density at radius 3 is 2.36 bits per heavy atom. The van der Waals surface area contributed by atoms with Crippen LogP contribution in [0.3, 0.4) is 0 Å². The van der Waals surface area contributed by atoms with E-state index in [1.54, 1.807) is 0 Å². The van der Waals surface area contributed by atoms with Gasteiger partial charge in [-0.25, -0.2) is 16.8 Å². The van der Waals surface area contributed by atoms with Crippen LogP contribution in [-0.2, 0) is 19.7 Å². The number of hydrogen-bond acceptors (Lipinski definition) is 5. The molecular formula is C14H20ClNO4S2. The van der Waals surface area contributed by atoms with E-state index in [4.69, 9.17) is 11.6 Å². The summed E-state index contributed by atoms with van der Waals surface area (Å²) >= 11 is 5.78. The van der Waals surface area contributed by atoms with Crippen LogP contribution in [0.15, 0.2) is 29.2 Å². The highest BCUT2D eigenvalue weighted by atomic mass is 35.5. The van der Waals surface area contributed by atoms with Gasteiger partial charge < -0.3 is 5.32 Å². The van der Waals surface area contributed by atoms with Gasteiger partial charge in [-0.3, -0.25) is 0 Å². The standard InChI is InChI=1S/C14H20ClNO4S2/c1-10(2)7-16-13-8-21(17,18)9-14(13)22(19,20)12-5-3-11(15)4-6-12/h3-6,10,13-14,16H,7-9H2,1-2H3/t13?,14-/m1/s1. The summed E-state index contributed by atoms with van der Waals surface area (Å²) in [4.78, 5) is 0.107. The van der Waals surface area contributed by atoms with E-state index in [0.29, 0.717) is 17.5 Å². The minimum Gasteiger partial charge on any atom is -0.311 e. The molecule has 0 aromatic heterocycles. The molecule has 0 aliphatic carbocycles. The minimum absolute atomic E-state index is 0.107. The van der Waals surface area contributed by atoms with Gasteiger partial charge in [0.15, 0.2) is 19.7 Å². The van der Waals surface area contributed by atoms with Crippen molar-refractivity contribution in [3.8, 4) is 0 Å². The summed E-state index contributed by atoms with van der Waals surface area (Å²) in [5, 5.41) is 2.57. The second-order valence-corrected chi connectivity index (χ2v) is 10.8. The van der Waals surface area contributed by atoms with Crippen LogP contribution in [0.1, 0.15) is 13.8 Å². The lowest BCUT2D eigenvalue weighted by Crippen LogP contribution is -2.44. The fraction of sp³-hybridized carbons (Fsp3) is 0.571. The van der Waals surface area contributed by atoms with Crippen LogP contribution in [0.2, 0.25) is 5.02 Å². The molecule has 0 bridgehead atoms. The fourth-order valence-electron chi connectivity index (χ4n) is 2.50. The van der Waals surface area contributed by atoms with E-state index >= 15 is 0 Å². The summed E-state index contributed by atoms with van der Waals surface area (Å²) in [6.07, 6.45) is 0. The molecule has 1 aromatic carbocycles. The van der Waals surface area contributed by atoms with Gasteiger partial charge in [0.1, 0.15) is 0 Å². The highest BCUT2D eigenvalue weighted by molar-refractivity contribution is 7.96. The Morgan fingerprint density at radius 2 is 1.82 bits per heavy atom. The lowest BCUT2D eigenvalue weighted by molar-refractivity contribution is 0.480. The van der Waals surface area contributed by atoms with E-state index in [9.17, 15) is 16.8 Å². The maximum atomic E-state index is 12.7. The molecule has 0 radical (unpaired) electrons. The molecule has 5 nitrogen and oxygen atoms in total. The summed E-state index contributed by atoms with van der Waals surface area (Å²) < 4.78 is 49.3. The number of halogens is 1. The molecule has 1 fully saturated rings. The van der Waals surface area contributed by atoms with Crippen molar-refractivity contribution in [3.05, 3.63) is 29.3 Å². The first-order valence-corrected chi connectivity index (χ1v) is 10.8. The maximum absolute atomic E-state index is 12.7. The van der Waals surface area contributed by atoms with Crippen LogP contribution in [0, 0.1) is 5.92 Å². The predicted octanol–water partition coefficient (Wildman–Crippen LogP) is 1.52. The molecule has 1 aliphatic heterocycles. The topological polar surface area (TPSA) is 80.3 Å². The van der Waals surface area contributed by atoms with E-state index in [1.165, 1.54) is 24.3 Å². The van der Waals surface area contributed by atoms with Gasteiger partial charge in [-0.15, -0.1) is 0 Å². The Balaban J connectivity index is 2.32. The minimum atomic E-state index is -3.72. The summed E-state index contributed by atoms with van der Waals surface area (Å²) in [6.45, 7) is 4.55. The van der Waals surface area contributed by atoms with Crippen molar-refractivity contribution in [2.45, 2.75) is 30.0 Å². The van der Waals surface area contributed by atoms with Crippen LogP contribution in [-0.4, -0.2) is 46.2 Å². The first kappa shape index (κ1) is 17.7. The van der Waals surface area contributed by atoms with Crippen LogP contribution in [0.5, 0.6) is 0 Å². The number of hydrogen-bond donors (Lipinski definition) is 1. The monoisotopic (exact) mass is 365 g/mol. The molecule has 124 valence electrons. The van der Waals surface area contributed by atoms with Crippen molar-refractivity contribution in [1.82, 2.24) is 5.32 Å². The zero-order valence-corrected chi connectivity index (χ0v) is 14.9. The SMILES string of the molecule is CC(C)CNC1CS(=O)(=O)C[C@H]1S(=O)(=O)c1ccc(Cl)cc1. The summed E-state index contributed by atoms with van der Waals surface area (Å²) in [7, 11) is -7.08. The molecule has 1 aliphatic rings. The van der Waals surface area contributed by atoms with E-state index in [0.717, 1.165) is 0 Å². The molecule has 0 saturated carbocycles. The molecule has 1 heterocycles. The quantitative estimate of drug-likeness (QED) is 0.855. The fourth-order valence-corrected chi connectivity index (χ4v) is 7.34. The van der Waals surface area contributed by atoms with Crippen LogP contribution < -0.4 is 5.32 Å². The van der Waals surface area contributed by atoms with Crippen molar-refractivity contribution >= 4 is 31.3 Å². The molecule has 1 unspecified atom stereocenters. The van der Waals surface area contributed by atoms with Gasteiger partial charge in [-0.05, 0) is 36.7 Å². The normalized spacial score (nSPS) is 24.7. The highest BCUT2D eigenvalue weighted by Gasteiger charge is 2.45. The van der Waals surface area contributed by atoms with Gasteiger partial charge in [-0.2, -0.15) is 0 Å². The third-order valence-electron chi connectivity index (χ3n) is 3.63. The molecule has 1 saturated heterocycles. The van der Waals surface area contributed by atoms with Gasteiger partial charge in [0.2, 0.25) is 0 Å². The molecule has 22 heavy (non-hydrogen) atoms. The zero-order valence-electron chi connectivity index (χ0n) is 12.5. The molecule has 8 heteroatoms. The van der Waals surface area contributed by atoms with Crippen molar-refractivity contribution in [1.29, 1.82) is 0 Å². The average Bonchev–Trinajstić information content (AvgIpc) is 2.73. The van der Waals surface area contributed by atoms with Gasteiger partial charge in [0.05, 0.1) is 21.7 Å². The van der Waals surface area contributed by atoms with Crippen molar-refractivity contribution in [3.63, 3.8) is 0 Å². The molecule has 2 rings (SSSR count). The molecule has 1 N–H and O–H groups in total. The zero-order chi connectivity index (χ0) is 16.5. The van der Waals surface area contributed by atoms with E-state index in [-0.39, 0.29) is 16.4 Å². The molecule has 1 aromatic rings. The van der Waals surface area contributed by atoms with Gasteiger partial charge in [0, 0.05) is 11.1 Å². The Morgan fingerprint density at radius 1 is 1.23 bits per heavy atom. The third-order valence-corrected chi connectivity index (χ3v) is 8.05. The number of rotatable bonds is 5. The summed E-state index contributed by atoms with van der Waals surface area (Å²) in [6, 6.07) is 5.25. The largest absolute Gasteiger partial charge is 0.311 e. The Bertz CT molecular complexity index is 727. The number of sulfone groups is 2. The Kier molecular flexibility index (Phi) is 5.21. The van der Waals surface area contributed by atoms with Crippen LogP contribution in [0.4, 0.5) is 0 Å².